The van der Waals surface area contributed by atoms with Crippen LogP contribution in [0.25, 0.3) is 0 Å². The van der Waals surface area contributed by atoms with Crippen LogP contribution in [0.5, 0.6) is 5.75 Å². The molecule has 0 saturated carbocycles. The first-order valence-corrected chi connectivity index (χ1v) is 10.4. The first-order valence-electron chi connectivity index (χ1n) is 8.96. The van der Waals surface area contributed by atoms with Crippen LogP contribution < -0.4 is 14.4 Å². The highest BCUT2D eigenvalue weighted by atomic mass is 32.2. The van der Waals surface area contributed by atoms with E-state index in [1.54, 1.807) is 36.4 Å². The fourth-order valence-electron chi connectivity index (χ4n) is 3.11. The van der Waals surface area contributed by atoms with Crippen LogP contribution in [0.2, 0.25) is 0 Å². The number of ether oxygens (including phenoxy) is 1. The molecule has 0 spiro atoms. The Morgan fingerprint density at radius 2 is 1.57 bits per heavy atom. The summed E-state index contributed by atoms with van der Waals surface area (Å²) in [7, 11) is -4.01. The van der Waals surface area contributed by atoms with Crippen molar-refractivity contribution in [2.75, 3.05) is 16.2 Å². The summed E-state index contributed by atoms with van der Waals surface area (Å²) in [6.45, 7) is -0.365. The Morgan fingerprint density at radius 3 is 2.27 bits per heavy atom. The fourth-order valence-corrected chi connectivity index (χ4v) is 4.60. The van der Waals surface area contributed by atoms with Crippen LogP contribution in [0.15, 0.2) is 77.7 Å². The molecular formula is C21H16F2N2O4S. The standard InChI is InChI=1S/C21H16F2N2O4S/c22-15-9-6-10-16(23)20(15)24-21(26)19-13-25(17-11-4-5-12-18(17)29-19)30(27,28)14-7-2-1-3-8-14/h1-12,19H,13H2,(H,24,26)/t19-/m1/s1. The summed E-state index contributed by atoms with van der Waals surface area (Å²) >= 11 is 0. The summed E-state index contributed by atoms with van der Waals surface area (Å²) in [4.78, 5) is 12.7. The van der Waals surface area contributed by atoms with E-state index >= 15 is 0 Å². The molecule has 1 N–H and O–H groups in total. The van der Waals surface area contributed by atoms with Crippen molar-refractivity contribution in [3.63, 3.8) is 0 Å². The van der Waals surface area contributed by atoms with Gasteiger partial charge in [-0.3, -0.25) is 9.10 Å². The molecule has 3 aromatic rings. The van der Waals surface area contributed by atoms with E-state index in [1.807, 2.05) is 0 Å². The summed E-state index contributed by atoms with van der Waals surface area (Å²) in [6, 6.07) is 17.3. The fraction of sp³-hybridized carbons (Fsp3) is 0.0952. The second-order valence-corrected chi connectivity index (χ2v) is 8.37. The molecule has 0 bridgehead atoms. The van der Waals surface area contributed by atoms with Gasteiger partial charge in [-0.05, 0) is 36.4 Å². The monoisotopic (exact) mass is 430 g/mol. The van der Waals surface area contributed by atoms with Gasteiger partial charge in [0, 0.05) is 0 Å². The molecule has 1 aliphatic heterocycles. The highest BCUT2D eigenvalue weighted by Gasteiger charge is 2.37. The van der Waals surface area contributed by atoms with E-state index in [1.165, 1.54) is 24.3 Å². The molecule has 1 atom stereocenters. The van der Waals surface area contributed by atoms with Crippen molar-refractivity contribution >= 4 is 27.3 Å². The molecule has 3 aromatic carbocycles. The van der Waals surface area contributed by atoms with Gasteiger partial charge in [-0.1, -0.05) is 36.4 Å². The summed E-state index contributed by atoms with van der Waals surface area (Å²) in [5.74, 6) is -2.61. The van der Waals surface area contributed by atoms with Crippen LogP contribution in [-0.4, -0.2) is 27.0 Å². The lowest BCUT2D eigenvalue weighted by Gasteiger charge is -2.34. The van der Waals surface area contributed by atoms with Crippen molar-refractivity contribution in [2.24, 2.45) is 0 Å². The summed E-state index contributed by atoms with van der Waals surface area (Å²) in [5.41, 5.74) is -0.357. The lowest BCUT2D eigenvalue weighted by atomic mass is 10.2. The first-order chi connectivity index (χ1) is 14.4. The van der Waals surface area contributed by atoms with Gasteiger partial charge in [-0.2, -0.15) is 0 Å². The van der Waals surface area contributed by atoms with E-state index in [9.17, 15) is 22.0 Å². The Morgan fingerprint density at radius 1 is 0.933 bits per heavy atom. The van der Waals surface area contributed by atoms with E-state index in [0.29, 0.717) is 0 Å². The van der Waals surface area contributed by atoms with Crippen LogP contribution in [0.1, 0.15) is 0 Å². The van der Waals surface area contributed by atoms with Crippen LogP contribution in [-0.2, 0) is 14.8 Å². The predicted molar refractivity (Wildman–Crippen MR) is 107 cm³/mol. The molecule has 1 amide bonds. The lowest BCUT2D eigenvalue weighted by Crippen LogP contribution is -2.49. The highest BCUT2D eigenvalue weighted by Crippen LogP contribution is 2.37. The smallest absolute Gasteiger partial charge is 0.267 e. The number of halogens is 2. The van der Waals surface area contributed by atoms with Gasteiger partial charge in [0.05, 0.1) is 17.1 Å². The van der Waals surface area contributed by atoms with Crippen LogP contribution in [0, 0.1) is 11.6 Å². The third kappa shape index (κ3) is 3.59. The van der Waals surface area contributed by atoms with Crippen molar-refractivity contribution in [2.45, 2.75) is 11.0 Å². The van der Waals surface area contributed by atoms with E-state index in [4.69, 9.17) is 4.74 Å². The molecule has 0 unspecified atom stereocenters. The highest BCUT2D eigenvalue weighted by molar-refractivity contribution is 7.92. The van der Waals surface area contributed by atoms with Crippen molar-refractivity contribution in [1.82, 2.24) is 0 Å². The Kier molecular flexibility index (Phi) is 5.13. The van der Waals surface area contributed by atoms with Gasteiger partial charge in [0.25, 0.3) is 15.9 Å². The SMILES string of the molecule is O=C(Nc1c(F)cccc1F)[C@H]1CN(S(=O)(=O)c2ccccc2)c2ccccc2O1. The number of para-hydroxylation sites is 3. The maximum Gasteiger partial charge on any atom is 0.267 e. The van der Waals surface area contributed by atoms with Crippen LogP contribution >= 0.6 is 0 Å². The first kappa shape index (κ1) is 19.8. The minimum Gasteiger partial charge on any atom is -0.476 e. The van der Waals surface area contributed by atoms with Gasteiger partial charge in [0.2, 0.25) is 0 Å². The zero-order valence-corrected chi connectivity index (χ0v) is 16.3. The quantitative estimate of drug-likeness (QED) is 0.687. The number of carbonyl (C=O) groups is 1. The van der Waals surface area contributed by atoms with Crippen molar-refractivity contribution in [1.29, 1.82) is 0 Å². The molecule has 0 aliphatic carbocycles. The number of hydrogen-bond donors (Lipinski definition) is 1. The Hall–Kier alpha value is -3.46. The summed E-state index contributed by atoms with van der Waals surface area (Å²) in [6.07, 6.45) is -1.32. The number of amides is 1. The minimum atomic E-state index is -4.01. The third-order valence-electron chi connectivity index (χ3n) is 4.57. The maximum absolute atomic E-state index is 13.9. The van der Waals surface area contributed by atoms with E-state index in [2.05, 4.69) is 5.32 Å². The zero-order valence-electron chi connectivity index (χ0n) is 15.5. The molecular weight excluding hydrogens is 414 g/mol. The number of nitrogens with one attached hydrogen (secondary N) is 1. The molecule has 0 fully saturated rings. The van der Waals surface area contributed by atoms with Crippen molar-refractivity contribution in [3.05, 3.63) is 84.4 Å². The molecule has 9 heteroatoms. The van der Waals surface area contributed by atoms with E-state index in [-0.39, 0.29) is 22.9 Å². The van der Waals surface area contributed by atoms with Crippen molar-refractivity contribution < 1.29 is 26.7 Å². The predicted octanol–water partition coefficient (Wildman–Crippen LogP) is 3.56. The van der Waals surface area contributed by atoms with Gasteiger partial charge >= 0.3 is 0 Å². The minimum absolute atomic E-state index is 0.0426. The van der Waals surface area contributed by atoms with E-state index in [0.717, 1.165) is 16.4 Å². The molecule has 30 heavy (non-hydrogen) atoms. The number of benzene rings is 3. The number of anilines is 2. The average Bonchev–Trinajstić information content (AvgIpc) is 2.76. The topological polar surface area (TPSA) is 75.7 Å². The molecule has 0 aromatic heterocycles. The molecule has 6 nitrogen and oxygen atoms in total. The number of nitrogens with zero attached hydrogens (tertiary/aromatic N) is 1. The Labute approximate surface area is 171 Å². The Balaban J connectivity index is 1.69. The van der Waals surface area contributed by atoms with Gasteiger partial charge < -0.3 is 10.1 Å². The Bertz CT molecular complexity index is 1180. The van der Waals surface area contributed by atoms with Crippen molar-refractivity contribution in [3.8, 4) is 5.75 Å². The van der Waals surface area contributed by atoms with Crippen LogP contribution in [0.4, 0.5) is 20.2 Å². The maximum atomic E-state index is 13.9. The van der Waals surface area contributed by atoms with Crippen LogP contribution in [0.3, 0.4) is 0 Å². The number of hydrogen-bond acceptors (Lipinski definition) is 4. The number of sulfonamides is 1. The van der Waals surface area contributed by atoms with E-state index < -0.39 is 39.4 Å². The number of fused-ring (bicyclic) bond motifs is 1. The van der Waals surface area contributed by atoms with Gasteiger partial charge in [-0.15, -0.1) is 0 Å². The normalized spacial score (nSPS) is 15.8. The molecule has 1 aliphatic rings. The number of carbonyl (C=O) groups excluding carboxylic acids is 1. The number of rotatable bonds is 4. The van der Waals surface area contributed by atoms with Gasteiger partial charge in [0.15, 0.2) is 6.10 Å². The molecule has 0 saturated heterocycles. The second kappa shape index (κ2) is 7.75. The molecule has 154 valence electrons. The van der Waals surface area contributed by atoms with Gasteiger partial charge in [-0.25, -0.2) is 17.2 Å². The molecule has 0 radical (unpaired) electrons. The average molecular weight is 430 g/mol. The molecule has 1 heterocycles. The lowest BCUT2D eigenvalue weighted by molar-refractivity contribution is -0.122. The molecule has 4 rings (SSSR count). The summed E-state index contributed by atoms with van der Waals surface area (Å²) < 4.78 is 60.9. The largest absolute Gasteiger partial charge is 0.476 e. The second-order valence-electron chi connectivity index (χ2n) is 6.51. The van der Waals surface area contributed by atoms with Gasteiger partial charge in [0.1, 0.15) is 23.1 Å². The summed E-state index contributed by atoms with van der Waals surface area (Å²) in [5, 5.41) is 2.16. The zero-order chi connectivity index (χ0) is 21.3. The third-order valence-corrected chi connectivity index (χ3v) is 6.36.